The number of fused-ring (bicyclic) bond motifs is 1. The van der Waals surface area contributed by atoms with Crippen LogP contribution >= 0.6 is 0 Å². The van der Waals surface area contributed by atoms with Crippen molar-refractivity contribution in [2.45, 2.75) is 32.1 Å². The molecule has 1 amide bonds. The van der Waals surface area contributed by atoms with Gasteiger partial charge in [0.1, 0.15) is 5.82 Å². The minimum Gasteiger partial charge on any atom is -0.342 e. The third-order valence-electron chi connectivity index (χ3n) is 4.90. The average Bonchev–Trinajstić information content (AvgIpc) is 3.20. The van der Waals surface area contributed by atoms with Gasteiger partial charge in [0.15, 0.2) is 5.65 Å². The molecule has 130 valence electrons. The molecule has 0 aliphatic carbocycles. The zero-order valence-corrected chi connectivity index (χ0v) is 14.0. The molecule has 0 bridgehead atoms. The van der Waals surface area contributed by atoms with Gasteiger partial charge in [0.05, 0.1) is 6.42 Å². The first kappa shape index (κ1) is 15.6. The summed E-state index contributed by atoms with van der Waals surface area (Å²) < 4.78 is 1.99. The molecule has 0 saturated carbocycles. The molecule has 1 saturated heterocycles. The molecule has 1 unspecified atom stereocenters. The monoisotopic (exact) mass is 340 g/mol. The highest BCUT2D eigenvalue weighted by molar-refractivity contribution is 5.79. The van der Waals surface area contributed by atoms with Gasteiger partial charge in [0, 0.05) is 36.5 Å². The normalized spacial score (nSPS) is 18.0. The van der Waals surface area contributed by atoms with Crippen molar-refractivity contribution in [3.05, 3.63) is 51.8 Å². The van der Waals surface area contributed by atoms with E-state index in [0.717, 1.165) is 30.0 Å². The number of nitrogens with one attached hydrogen (secondary N) is 2. The summed E-state index contributed by atoms with van der Waals surface area (Å²) in [5.41, 5.74) is 1.83. The summed E-state index contributed by atoms with van der Waals surface area (Å²) in [7, 11) is 0. The number of pyridine rings is 1. The van der Waals surface area contributed by atoms with Gasteiger partial charge in [0.2, 0.25) is 5.91 Å². The molecule has 1 atom stereocenters. The molecule has 4 heterocycles. The second-order valence-corrected chi connectivity index (χ2v) is 6.53. The number of carbonyl (C=O) groups excluding carboxylic acids is 1. The van der Waals surface area contributed by atoms with Crippen molar-refractivity contribution < 1.29 is 4.79 Å². The van der Waals surface area contributed by atoms with Gasteiger partial charge in [-0.1, -0.05) is 6.07 Å². The maximum Gasteiger partial charge on any atom is 0.267 e. The number of amides is 1. The standard InChI is InChI=1S/C17H20N6O2/c1-11-13(17(25)21-18-11)9-15(24)22-7-4-5-12(10-22)16-20-19-14-6-2-3-8-23(14)16/h2-3,6,8,12H,4-5,7,9-10H2,1H3,(H2,18,21,25). The number of carbonyl (C=O) groups is 1. The highest BCUT2D eigenvalue weighted by Crippen LogP contribution is 2.26. The first-order valence-electron chi connectivity index (χ1n) is 8.47. The Bertz CT molecular complexity index is 969. The van der Waals surface area contributed by atoms with Crippen molar-refractivity contribution >= 4 is 11.6 Å². The Kier molecular flexibility index (Phi) is 3.87. The van der Waals surface area contributed by atoms with Crippen LogP contribution in [0.15, 0.2) is 29.2 Å². The quantitative estimate of drug-likeness (QED) is 0.743. The number of H-pyrrole nitrogens is 2. The molecule has 4 rings (SSSR count). The fourth-order valence-corrected chi connectivity index (χ4v) is 3.50. The highest BCUT2D eigenvalue weighted by Gasteiger charge is 2.28. The minimum absolute atomic E-state index is 0.0216. The topological polar surface area (TPSA) is 99.1 Å². The molecule has 8 heteroatoms. The van der Waals surface area contributed by atoms with Crippen LogP contribution in [0.1, 0.15) is 35.8 Å². The summed E-state index contributed by atoms with van der Waals surface area (Å²) in [4.78, 5) is 26.3. The van der Waals surface area contributed by atoms with E-state index in [1.165, 1.54) is 0 Å². The van der Waals surface area contributed by atoms with Crippen LogP contribution in [0.4, 0.5) is 0 Å². The van der Waals surface area contributed by atoms with Gasteiger partial charge < -0.3 is 10.00 Å². The lowest BCUT2D eigenvalue weighted by atomic mass is 9.96. The van der Waals surface area contributed by atoms with Gasteiger partial charge >= 0.3 is 0 Å². The molecule has 3 aromatic rings. The Morgan fingerprint density at radius 2 is 2.20 bits per heavy atom. The van der Waals surface area contributed by atoms with E-state index in [2.05, 4.69) is 20.4 Å². The van der Waals surface area contributed by atoms with Crippen LogP contribution < -0.4 is 5.56 Å². The van der Waals surface area contributed by atoms with Crippen LogP contribution in [0, 0.1) is 6.92 Å². The van der Waals surface area contributed by atoms with E-state index >= 15 is 0 Å². The summed E-state index contributed by atoms with van der Waals surface area (Å²) >= 11 is 0. The van der Waals surface area contributed by atoms with E-state index in [4.69, 9.17) is 0 Å². The molecule has 0 spiro atoms. The summed E-state index contributed by atoms with van der Waals surface area (Å²) in [5, 5.41) is 13.8. The van der Waals surface area contributed by atoms with Crippen molar-refractivity contribution in [1.29, 1.82) is 0 Å². The third-order valence-corrected chi connectivity index (χ3v) is 4.90. The highest BCUT2D eigenvalue weighted by atomic mass is 16.2. The molecular weight excluding hydrogens is 320 g/mol. The maximum absolute atomic E-state index is 12.7. The largest absolute Gasteiger partial charge is 0.342 e. The van der Waals surface area contributed by atoms with Crippen LogP contribution in [-0.4, -0.2) is 48.7 Å². The van der Waals surface area contributed by atoms with Gasteiger partial charge in [-0.05, 0) is 31.9 Å². The molecule has 1 fully saturated rings. The molecule has 0 aromatic carbocycles. The van der Waals surface area contributed by atoms with Crippen LogP contribution in [0.25, 0.3) is 5.65 Å². The lowest BCUT2D eigenvalue weighted by Crippen LogP contribution is -2.40. The molecule has 2 N–H and O–H groups in total. The van der Waals surface area contributed by atoms with Gasteiger partial charge in [-0.15, -0.1) is 10.2 Å². The van der Waals surface area contributed by atoms with Crippen LogP contribution in [0.3, 0.4) is 0 Å². The van der Waals surface area contributed by atoms with Crippen molar-refractivity contribution in [1.82, 2.24) is 29.7 Å². The Hall–Kier alpha value is -2.90. The number of aryl methyl sites for hydroxylation is 1. The first-order valence-corrected chi connectivity index (χ1v) is 8.47. The molecule has 0 radical (unpaired) electrons. The Balaban J connectivity index is 1.53. The second-order valence-electron chi connectivity index (χ2n) is 6.53. The number of aromatic nitrogens is 5. The Labute approximate surface area is 143 Å². The van der Waals surface area contributed by atoms with Crippen LogP contribution in [0.5, 0.6) is 0 Å². The number of piperidine rings is 1. The zero-order chi connectivity index (χ0) is 17.4. The summed E-state index contributed by atoms with van der Waals surface area (Å²) in [5.74, 6) is 1.02. The first-order chi connectivity index (χ1) is 12.1. The number of hydrogen-bond acceptors (Lipinski definition) is 4. The van der Waals surface area contributed by atoms with Crippen LogP contribution in [-0.2, 0) is 11.2 Å². The molecule has 3 aromatic heterocycles. The van der Waals surface area contributed by atoms with Crippen molar-refractivity contribution in [3.8, 4) is 0 Å². The van der Waals surface area contributed by atoms with Gasteiger partial charge in [0.25, 0.3) is 5.56 Å². The average molecular weight is 340 g/mol. The molecule has 1 aliphatic heterocycles. The van der Waals surface area contributed by atoms with Crippen molar-refractivity contribution in [3.63, 3.8) is 0 Å². The SMILES string of the molecule is Cc1[nH][nH]c(=O)c1CC(=O)N1CCCC(c2nnc3ccccn23)C1. The maximum atomic E-state index is 12.7. The van der Waals surface area contributed by atoms with E-state index in [-0.39, 0.29) is 23.8 Å². The fraction of sp³-hybridized carbons (Fsp3) is 0.412. The lowest BCUT2D eigenvalue weighted by molar-refractivity contribution is -0.131. The van der Waals surface area contributed by atoms with E-state index in [1.807, 2.05) is 33.7 Å². The lowest BCUT2D eigenvalue weighted by Gasteiger charge is -2.32. The van der Waals surface area contributed by atoms with Crippen molar-refractivity contribution in [2.75, 3.05) is 13.1 Å². The minimum atomic E-state index is -0.220. The summed E-state index contributed by atoms with van der Waals surface area (Å²) in [6.07, 6.45) is 3.97. The zero-order valence-electron chi connectivity index (χ0n) is 14.0. The number of aromatic amines is 2. The van der Waals surface area contributed by atoms with Crippen LogP contribution in [0.2, 0.25) is 0 Å². The molecule has 8 nitrogen and oxygen atoms in total. The second kappa shape index (κ2) is 6.19. The van der Waals surface area contributed by atoms with E-state index < -0.39 is 0 Å². The van der Waals surface area contributed by atoms with Gasteiger partial charge in [-0.3, -0.25) is 19.1 Å². The Morgan fingerprint density at radius 1 is 1.32 bits per heavy atom. The summed E-state index contributed by atoms with van der Waals surface area (Å²) in [6.45, 7) is 3.12. The van der Waals surface area contributed by atoms with Gasteiger partial charge in [-0.2, -0.15) is 0 Å². The number of hydrogen-bond donors (Lipinski definition) is 2. The number of rotatable bonds is 3. The predicted octanol–water partition coefficient (Wildman–Crippen LogP) is 1.00. The summed E-state index contributed by atoms with van der Waals surface area (Å²) in [6, 6.07) is 5.80. The molecular formula is C17H20N6O2. The fourth-order valence-electron chi connectivity index (χ4n) is 3.50. The third kappa shape index (κ3) is 2.84. The van der Waals surface area contributed by atoms with Gasteiger partial charge in [-0.25, -0.2) is 0 Å². The van der Waals surface area contributed by atoms with E-state index in [1.54, 1.807) is 6.92 Å². The van der Waals surface area contributed by atoms with Crippen molar-refractivity contribution in [2.24, 2.45) is 0 Å². The smallest absolute Gasteiger partial charge is 0.267 e. The number of nitrogens with zero attached hydrogens (tertiary/aromatic N) is 4. The Morgan fingerprint density at radius 3 is 3.00 bits per heavy atom. The van der Waals surface area contributed by atoms with E-state index in [0.29, 0.717) is 18.7 Å². The molecule has 1 aliphatic rings. The molecule has 25 heavy (non-hydrogen) atoms. The number of likely N-dealkylation sites (tertiary alicyclic amines) is 1. The predicted molar refractivity (Wildman–Crippen MR) is 91.4 cm³/mol. The van der Waals surface area contributed by atoms with E-state index in [9.17, 15) is 9.59 Å².